The second kappa shape index (κ2) is 8.97. The summed E-state index contributed by atoms with van der Waals surface area (Å²) in [6.45, 7) is -1.07. The molecule has 7 N–H and O–H groups in total. The third kappa shape index (κ3) is 4.12. The smallest absolute Gasteiger partial charge is 0.187 e. The van der Waals surface area contributed by atoms with Crippen molar-refractivity contribution in [3.8, 4) is 0 Å². The Morgan fingerprint density at radius 3 is 2.00 bits per heavy atom. The Labute approximate surface area is 144 Å². The quantitative estimate of drug-likeness (QED) is 0.241. The Hall–Kier alpha value is -0.440. The summed E-state index contributed by atoms with van der Waals surface area (Å²) >= 11 is 0. The van der Waals surface area contributed by atoms with E-state index in [0.717, 1.165) is 0 Å². The molecule has 2 aliphatic rings. The number of nitrogens with one attached hydrogen (secondary N) is 1. The number of methoxy groups -OCH3 is 1. The van der Waals surface area contributed by atoms with Crippen molar-refractivity contribution in [2.24, 2.45) is 0 Å². The lowest BCUT2D eigenvalue weighted by Gasteiger charge is -2.47. The maximum Gasteiger partial charge on any atom is 0.187 e. The number of likely N-dealkylation sites (N-methyl/N-ethyl adjacent to an activating group) is 1. The third-order valence-electron chi connectivity index (χ3n) is 4.53. The Kier molecular flexibility index (Phi) is 7.49. The summed E-state index contributed by atoms with van der Waals surface area (Å²) in [6, 6.07) is 0. The summed E-state index contributed by atoms with van der Waals surface area (Å²) in [4.78, 5) is 0. The van der Waals surface area contributed by atoms with Crippen LogP contribution in [0.3, 0.4) is 0 Å². The van der Waals surface area contributed by atoms with Gasteiger partial charge in [-0.2, -0.15) is 0 Å². The lowest BCUT2D eigenvalue weighted by molar-refractivity contribution is -0.344. The van der Waals surface area contributed by atoms with Crippen molar-refractivity contribution >= 4 is 0 Å². The van der Waals surface area contributed by atoms with Crippen LogP contribution in [-0.4, -0.2) is 119 Å². The molecule has 0 bridgehead atoms. The Balaban J connectivity index is 2.17. The zero-order chi connectivity index (χ0) is 18.7. The number of rotatable bonds is 6. The highest BCUT2D eigenvalue weighted by atomic mass is 16.7. The molecule has 0 aliphatic carbocycles. The molecule has 0 spiro atoms. The van der Waals surface area contributed by atoms with Gasteiger partial charge in [0.1, 0.15) is 55.1 Å². The molecule has 0 radical (unpaired) electrons. The maximum atomic E-state index is 10.3. The lowest BCUT2D eigenvalue weighted by Crippen LogP contribution is -2.66. The first-order chi connectivity index (χ1) is 11.9. The van der Waals surface area contributed by atoms with Crippen LogP contribution in [0.5, 0.6) is 0 Å². The molecule has 0 aromatic carbocycles. The van der Waals surface area contributed by atoms with Gasteiger partial charge in [-0.25, -0.2) is 0 Å². The zero-order valence-corrected chi connectivity index (χ0v) is 14.0. The van der Waals surface area contributed by atoms with E-state index in [1.54, 1.807) is 7.05 Å². The molecular weight excluding hydrogens is 342 g/mol. The number of hydrogen-bond donors (Lipinski definition) is 7. The second-order valence-corrected chi connectivity index (χ2v) is 6.06. The van der Waals surface area contributed by atoms with E-state index >= 15 is 0 Å². The molecule has 2 fully saturated rings. The standard InChI is InChI=1S/C14H27NO10/c1-15-13-10(21)12(22-2)11(6(4-17)23-13)25-14-9(20)8(19)7(18)5(3-16)24-14/h5-21H,3-4H2,1-2H3. The van der Waals surface area contributed by atoms with Gasteiger partial charge in [0.25, 0.3) is 0 Å². The maximum absolute atomic E-state index is 10.3. The molecule has 0 saturated carbocycles. The van der Waals surface area contributed by atoms with Crippen molar-refractivity contribution in [1.29, 1.82) is 0 Å². The zero-order valence-electron chi connectivity index (χ0n) is 14.0. The highest BCUT2D eigenvalue weighted by Crippen LogP contribution is 2.29. The number of hydrogen-bond acceptors (Lipinski definition) is 11. The van der Waals surface area contributed by atoms with Gasteiger partial charge in [0, 0.05) is 7.11 Å². The van der Waals surface area contributed by atoms with Crippen LogP contribution in [0.2, 0.25) is 0 Å². The van der Waals surface area contributed by atoms with E-state index < -0.39 is 74.6 Å². The van der Waals surface area contributed by atoms with Crippen molar-refractivity contribution in [3.05, 3.63) is 0 Å². The monoisotopic (exact) mass is 369 g/mol. The predicted molar refractivity (Wildman–Crippen MR) is 80.3 cm³/mol. The van der Waals surface area contributed by atoms with Gasteiger partial charge in [-0.15, -0.1) is 0 Å². The number of aliphatic hydroxyl groups excluding tert-OH is 6. The van der Waals surface area contributed by atoms with Crippen molar-refractivity contribution < 1.29 is 49.6 Å². The summed E-state index contributed by atoms with van der Waals surface area (Å²) < 4.78 is 21.7. The Bertz CT molecular complexity index is 413. The minimum atomic E-state index is -1.62. The number of ether oxygens (including phenoxy) is 4. The number of aliphatic hydroxyl groups is 6. The van der Waals surface area contributed by atoms with Crippen LogP contribution in [-0.2, 0) is 18.9 Å². The first kappa shape index (κ1) is 20.9. The van der Waals surface area contributed by atoms with E-state index in [1.165, 1.54) is 7.11 Å². The molecule has 11 heteroatoms. The van der Waals surface area contributed by atoms with Gasteiger partial charge in [-0.1, -0.05) is 0 Å². The molecule has 2 heterocycles. The van der Waals surface area contributed by atoms with Gasteiger partial charge in [0.2, 0.25) is 0 Å². The highest BCUT2D eigenvalue weighted by Gasteiger charge is 2.50. The van der Waals surface area contributed by atoms with E-state index in [4.69, 9.17) is 18.9 Å². The minimum Gasteiger partial charge on any atom is -0.394 e. The molecule has 2 rings (SSSR count). The molecule has 11 nitrogen and oxygen atoms in total. The van der Waals surface area contributed by atoms with Crippen LogP contribution in [0.4, 0.5) is 0 Å². The molecule has 0 amide bonds. The second-order valence-electron chi connectivity index (χ2n) is 6.06. The first-order valence-corrected chi connectivity index (χ1v) is 8.00. The highest BCUT2D eigenvalue weighted by molar-refractivity contribution is 4.95. The molecule has 2 saturated heterocycles. The van der Waals surface area contributed by atoms with Crippen molar-refractivity contribution in [2.75, 3.05) is 27.4 Å². The fraction of sp³-hybridized carbons (Fsp3) is 1.00. The fourth-order valence-electron chi connectivity index (χ4n) is 3.08. The van der Waals surface area contributed by atoms with E-state index in [0.29, 0.717) is 0 Å². The van der Waals surface area contributed by atoms with Crippen LogP contribution >= 0.6 is 0 Å². The average Bonchev–Trinajstić information content (AvgIpc) is 2.62. The third-order valence-corrected chi connectivity index (χ3v) is 4.53. The van der Waals surface area contributed by atoms with Crippen LogP contribution in [0.1, 0.15) is 0 Å². The van der Waals surface area contributed by atoms with Gasteiger partial charge in [-0.05, 0) is 7.05 Å². The topological polar surface area (TPSA) is 170 Å². The van der Waals surface area contributed by atoms with Gasteiger partial charge in [-0.3, -0.25) is 5.32 Å². The van der Waals surface area contributed by atoms with E-state index in [2.05, 4.69) is 5.32 Å². The Morgan fingerprint density at radius 1 is 0.840 bits per heavy atom. The molecule has 10 unspecified atom stereocenters. The first-order valence-electron chi connectivity index (χ1n) is 8.00. The molecule has 0 aromatic heterocycles. The normalized spacial score (nSPS) is 48.5. The molecule has 0 aromatic rings. The largest absolute Gasteiger partial charge is 0.394 e. The minimum absolute atomic E-state index is 0.465. The molecule has 148 valence electrons. The summed E-state index contributed by atoms with van der Waals surface area (Å²) in [7, 11) is 2.90. The van der Waals surface area contributed by atoms with Crippen molar-refractivity contribution in [1.82, 2.24) is 5.32 Å². The van der Waals surface area contributed by atoms with E-state index in [-0.39, 0.29) is 0 Å². The predicted octanol–water partition coefficient (Wildman–Crippen LogP) is -4.52. The van der Waals surface area contributed by atoms with Gasteiger partial charge in [0.15, 0.2) is 6.29 Å². The molecule has 25 heavy (non-hydrogen) atoms. The van der Waals surface area contributed by atoms with Crippen LogP contribution in [0, 0.1) is 0 Å². The van der Waals surface area contributed by atoms with Crippen molar-refractivity contribution in [2.45, 2.75) is 61.3 Å². The summed E-state index contributed by atoms with van der Waals surface area (Å²) in [5.74, 6) is 0. The Morgan fingerprint density at radius 2 is 1.48 bits per heavy atom. The summed E-state index contributed by atoms with van der Waals surface area (Å²) in [5.41, 5.74) is 0. The van der Waals surface area contributed by atoms with E-state index in [9.17, 15) is 30.6 Å². The fourth-order valence-corrected chi connectivity index (χ4v) is 3.08. The van der Waals surface area contributed by atoms with E-state index in [1.807, 2.05) is 0 Å². The van der Waals surface area contributed by atoms with Crippen LogP contribution in [0.15, 0.2) is 0 Å². The van der Waals surface area contributed by atoms with Crippen LogP contribution in [0.25, 0.3) is 0 Å². The molecule has 2 aliphatic heterocycles. The van der Waals surface area contributed by atoms with Gasteiger partial charge < -0.3 is 49.6 Å². The SMILES string of the molecule is CNC1OC(CO)C(OC2OC(CO)C(O)C(O)C2O)C(OC)C1O. The molecule has 10 atom stereocenters. The summed E-state index contributed by atoms with van der Waals surface area (Å²) in [5, 5.41) is 61.5. The summed E-state index contributed by atoms with van der Waals surface area (Å²) in [6.07, 6.45) is -12.2. The van der Waals surface area contributed by atoms with Crippen LogP contribution < -0.4 is 5.32 Å². The lowest BCUT2D eigenvalue weighted by atomic mass is 9.96. The van der Waals surface area contributed by atoms with Crippen molar-refractivity contribution in [3.63, 3.8) is 0 Å². The molecular formula is C14H27NO10. The van der Waals surface area contributed by atoms with Gasteiger partial charge >= 0.3 is 0 Å². The average molecular weight is 369 g/mol. The van der Waals surface area contributed by atoms with Gasteiger partial charge in [0.05, 0.1) is 13.2 Å².